The van der Waals surface area contributed by atoms with Gasteiger partial charge in [-0.25, -0.2) is 4.98 Å². The summed E-state index contributed by atoms with van der Waals surface area (Å²) in [6.07, 6.45) is 0. The molecule has 0 aliphatic heterocycles. The van der Waals surface area contributed by atoms with Crippen LogP contribution in [0, 0.1) is 6.92 Å². The first-order valence-electron chi connectivity index (χ1n) is 4.76. The van der Waals surface area contributed by atoms with Gasteiger partial charge in [-0.05, 0) is 63.0 Å². The van der Waals surface area contributed by atoms with Crippen molar-refractivity contribution in [1.82, 2.24) is 4.98 Å². The zero-order valence-corrected chi connectivity index (χ0v) is 12.6. The quantitative estimate of drug-likeness (QED) is 0.809. The Balaban J connectivity index is 2.04. The fraction of sp³-hybridized carbons (Fsp3) is 0.182. The summed E-state index contributed by atoms with van der Waals surface area (Å²) in [7, 11) is 0. The van der Waals surface area contributed by atoms with E-state index in [9.17, 15) is 0 Å². The minimum Gasteiger partial charge on any atom is -0.379 e. The third-order valence-corrected chi connectivity index (χ3v) is 4.20. The van der Waals surface area contributed by atoms with Gasteiger partial charge in [-0.3, -0.25) is 0 Å². The number of aryl methyl sites for hydroxylation is 1. The van der Waals surface area contributed by atoms with Crippen LogP contribution in [0.3, 0.4) is 0 Å². The summed E-state index contributed by atoms with van der Waals surface area (Å²) in [5.74, 6) is 0. The molecule has 2 rings (SSSR count). The molecule has 0 spiro atoms. The van der Waals surface area contributed by atoms with Crippen LogP contribution >= 0.6 is 43.2 Å². The average Bonchev–Trinajstić information content (AvgIpc) is 2.63. The molecule has 2 aromatic heterocycles. The number of thiophene rings is 1. The van der Waals surface area contributed by atoms with Crippen molar-refractivity contribution in [2.24, 2.45) is 0 Å². The van der Waals surface area contributed by atoms with Crippen LogP contribution in [0.2, 0.25) is 0 Å². The SMILES string of the molecule is Cc1nc(Br)ccc1NCc1ccc(Br)s1. The van der Waals surface area contributed by atoms with Gasteiger partial charge in [0.2, 0.25) is 0 Å². The first-order chi connectivity index (χ1) is 7.65. The maximum Gasteiger partial charge on any atom is 0.106 e. The van der Waals surface area contributed by atoms with Crippen molar-refractivity contribution in [3.63, 3.8) is 0 Å². The highest BCUT2D eigenvalue weighted by molar-refractivity contribution is 9.11. The minimum atomic E-state index is 0.834. The Morgan fingerprint density at radius 1 is 1.25 bits per heavy atom. The Morgan fingerprint density at radius 2 is 2.06 bits per heavy atom. The van der Waals surface area contributed by atoms with Crippen molar-refractivity contribution in [2.75, 3.05) is 5.32 Å². The van der Waals surface area contributed by atoms with Crippen molar-refractivity contribution < 1.29 is 0 Å². The number of hydrogen-bond donors (Lipinski definition) is 1. The molecular weight excluding hydrogens is 352 g/mol. The number of nitrogens with zero attached hydrogens (tertiary/aromatic N) is 1. The molecule has 5 heteroatoms. The average molecular weight is 362 g/mol. The van der Waals surface area contributed by atoms with E-state index in [0.29, 0.717) is 0 Å². The predicted molar refractivity (Wildman–Crippen MR) is 76.0 cm³/mol. The maximum atomic E-state index is 4.34. The third-order valence-electron chi connectivity index (χ3n) is 2.13. The van der Waals surface area contributed by atoms with Crippen LogP contribution < -0.4 is 5.32 Å². The molecule has 0 bridgehead atoms. The molecule has 16 heavy (non-hydrogen) atoms. The molecule has 0 amide bonds. The molecule has 1 N–H and O–H groups in total. The first-order valence-corrected chi connectivity index (χ1v) is 7.16. The Morgan fingerprint density at radius 3 is 2.69 bits per heavy atom. The second-order valence-corrected chi connectivity index (χ2v) is 6.69. The number of halogens is 2. The molecule has 0 aliphatic carbocycles. The normalized spacial score (nSPS) is 10.4. The number of pyridine rings is 1. The summed E-state index contributed by atoms with van der Waals surface area (Å²) >= 11 is 8.55. The van der Waals surface area contributed by atoms with E-state index in [1.807, 2.05) is 19.1 Å². The number of aromatic nitrogens is 1. The number of nitrogens with one attached hydrogen (secondary N) is 1. The summed E-state index contributed by atoms with van der Waals surface area (Å²) in [4.78, 5) is 5.64. The van der Waals surface area contributed by atoms with Gasteiger partial charge in [0.15, 0.2) is 0 Å². The van der Waals surface area contributed by atoms with Gasteiger partial charge in [-0.15, -0.1) is 11.3 Å². The molecule has 2 aromatic rings. The lowest BCUT2D eigenvalue weighted by Crippen LogP contribution is -2.00. The van der Waals surface area contributed by atoms with E-state index in [0.717, 1.165) is 26.3 Å². The fourth-order valence-corrected chi connectivity index (χ4v) is 3.17. The zero-order valence-electron chi connectivity index (χ0n) is 8.63. The van der Waals surface area contributed by atoms with Crippen LogP contribution in [0.1, 0.15) is 10.6 Å². The lowest BCUT2D eigenvalue weighted by Gasteiger charge is -2.07. The molecule has 2 heterocycles. The maximum absolute atomic E-state index is 4.34. The van der Waals surface area contributed by atoms with Gasteiger partial charge in [-0.1, -0.05) is 0 Å². The summed E-state index contributed by atoms with van der Waals surface area (Å²) in [5.41, 5.74) is 2.08. The Hall–Kier alpha value is -0.390. The van der Waals surface area contributed by atoms with Crippen LogP contribution in [0.5, 0.6) is 0 Å². The highest BCUT2D eigenvalue weighted by Gasteiger charge is 2.01. The van der Waals surface area contributed by atoms with Crippen LogP contribution in [0.4, 0.5) is 5.69 Å². The van der Waals surface area contributed by atoms with Gasteiger partial charge in [0.1, 0.15) is 4.60 Å². The molecule has 84 valence electrons. The fourth-order valence-electron chi connectivity index (χ4n) is 1.35. The van der Waals surface area contributed by atoms with Gasteiger partial charge >= 0.3 is 0 Å². The lowest BCUT2D eigenvalue weighted by atomic mass is 10.3. The Kier molecular flexibility index (Phi) is 4.00. The van der Waals surface area contributed by atoms with Crippen molar-refractivity contribution >= 4 is 48.9 Å². The molecule has 0 saturated heterocycles. The van der Waals surface area contributed by atoms with Gasteiger partial charge in [0, 0.05) is 11.4 Å². The predicted octanol–water partition coefficient (Wildman–Crippen LogP) is 4.59. The van der Waals surface area contributed by atoms with Crippen LogP contribution in [-0.4, -0.2) is 4.98 Å². The molecule has 0 radical (unpaired) electrons. The van der Waals surface area contributed by atoms with Crippen molar-refractivity contribution in [3.8, 4) is 0 Å². The zero-order chi connectivity index (χ0) is 11.5. The summed E-state index contributed by atoms with van der Waals surface area (Å²) in [6, 6.07) is 8.16. The van der Waals surface area contributed by atoms with Gasteiger partial charge < -0.3 is 5.32 Å². The molecule has 0 saturated carbocycles. The monoisotopic (exact) mass is 360 g/mol. The Labute approximate surface area is 115 Å². The second kappa shape index (κ2) is 5.29. The number of anilines is 1. The minimum absolute atomic E-state index is 0.834. The molecule has 0 atom stereocenters. The van der Waals surface area contributed by atoms with E-state index in [2.05, 4.69) is 54.3 Å². The highest BCUT2D eigenvalue weighted by Crippen LogP contribution is 2.23. The van der Waals surface area contributed by atoms with Crippen LogP contribution in [-0.2, 0) is 6.54 Å². The van der Waals surface area contributed by atoms with Gasteiger partial charge in [0.05, 0.1) is 15.2 Å². The summed E-state index contributed by atoms with van der Waals surface area (Å²) in [5, 5.41) is 3.38. The second-order valence-electron chi connectivity index (χ2n) is 3.33. The van der Waals surface area contributed by atoms with Crippen LogP contribution in [0.25, 0.3) is 0 Å². The summed E-state index contributed by atoms with van der Waals surface area (Å²) in [6.45, 7) is 2.83. The number of hydrogen-bond acceptors (Lipinski definition) is 3. The lowest BCUT2D eigenvalue weighted by molar-refractivity contribution is 1.11. The largest absolute Gasteiger partial charge is 0.379 e. The topological polar surface area (TPSA) is 24.9 Å². The Bertz CT molecular complexity index is 496. The highest BCUT2D eigenvalue weighted by atomic mass is 79.9. The van der Waals surface area contributed by atoms with Crippen LogP contribution in [0.15, 0.2) is 32.7 Å². The van der Waals surface area contributed by atoms with E-state index in [1.54, 1.807) is 11.3 Å². The molecule has 0 fully saturated rings. The molecule has 0 unspecified atom stereocenters. The molecular formula is C11H10Br2N2S. The van der Waals surface area contributed by atoms with Crippen molar-refractivity contribution in [1.29, 1.82) is 0 Å². The van der Waals surface area contributed by atoms with E-state index in [4.69, 9.17) is 0 Å². The van der Waals surface area contributed by atoms with Crippen molar-refractivity contribution in [3.05, 3.63) is 43.2 Å². The third kappa shape index (κ3) is 3.06. The summed E-state index contributed by atoms with van der Waals surface area (Å²) < 4.78 is 2.03. The molecule has 2 nitrogen and oxygen atoms in total. The van der Waals surface area contributed by atoms with E-state index in [-0.39, 0.29) is 0 Å². The molecule has 0 aliphatic rings. The number of rotatable bonds is 3. The van der Waals surface area contributed by atoms with Gasteiger partial charge in [0.25, 0.3) is 0 Å². The van der Waals surface area contributed by atoms with Gasteiger partial charge in [-0.2, -0.15) is 0 Å². The smallest absolute Gasteiger partial charge is 0.106 e. The standard InChI is InChI=1S/C11H10Br2N2S/c1-7-9(3-4-10(12)15-7)14-6-8-2-5-11(13)16-8/h2-5,14H,6H2,1H3. The van der Waals surface area contributed by atoms with E-state index < -0.39 is 0 Å². The first kappa shape index (κ1) is 12.1. The van der Waals surface area contributed by atoms with Crippen molar-refractivity contribution in [2.45, 2.75) is 13.5 Å². The van der Waals surface area contributed by atoms with E-state index >= 15 is 0 Å². The van der Waals surface area contributed by atoms with E-state index in [1.165, 1.54) is 4.88 Å². The molecule has 0 aromatic carbocycles.